The summed E-state index contributed by atoms with van der Waals surface area (Å²) in [4.78, 5) is 22.2. The lowest BCUT2D eigenvalue weighted by molar-refractivity contribution is 0.0954. The van der Waals surface area contributed by atoms with Crippen LogP contribution in [-0.2, 0) is 6.42 Å². The van der Waals surface area contributed by atoms with Crippen molar-refractivity contribution in [3.63, 3.8) is 0 Å². The number of aromatic nitrogens is 2. The number of nitrogens with zero attached hydrogens (tertiary/aromatic N) is 2. The van der Waals surface area contributed by atoms with Gasteiger partial charge in [-0.1, -0.05) is 6.07 Å². The molecule has 25 heavy (non-hydrogen) atoms. The van der Waals surface area contributed by atoms with Gasteiger partial charge in [-0.3, -0.25) is 9.78 Å². The van der Waals surface area contributed by atoms with E-state index in [4.69, 9.17) is 0 Å². The molecule has 0 saturated carbocycles. The normalized spacial score (nSPS) is 10.7. The van der Waals surface area contributed by atoms with Gasteiger partial charge in [0.2, 0.25) is 0 Å². The van der Waals surface area contributed by atoms with Gasteiger partial charge in [0.05, 0.1) is 5.69 Å². The first-order chi connectivity index (χ1) is 12.0. The second-order valence-electron chi connectivity index (χ2n) is 6.07. The summed E-state index contributed by atoms with van der Waals surface area (Å²) >= 11 is 1.66. The molecule has 1 N–H and O–H groups in total. The van der Waals surface area contributed by atoms with E-state index in [1.54, 1.807) is 17.5 Å². The molecule has 0 radical (unpaired) electrons. The first kappa shape index (κ1) is 17.3. The van der Waals surface area contributed by atoms with E-state index >= 15 is 0 Å². The van der Waals surface area contributed by atoms with Crippen LogP contribution in [0.1, 0.15) is 32.1 Å². The average Bonchev–Trinajstić information content (AvgIpc) is 2.99. The Labute approximate surface area is 152 Å². The van der Waals surface area contributed by atoms with Crippen molar-refractivity contribution in [1.82, 2.24) is 15.3 Å². The van der Waals surface area contributed by atoms with Crippen LogP contribution in [0.2, 0.25) is 0 Å². The number of thiazole rings is 1. The fourth-order valence-corrected chi connectivity index (χ4v) is 3.60. The molecule has 0 unspecified atom stereocenters. The molecule has 3 aromatic rings. The summed E-state index contributed by atoms with van der Waals surface area (Å²) in [6.07, 6.45) is 4.36. The van der Waals surface area contributed by atoms with Crippen LogP contribution in [0, 0.1) is 20.8 Å². The summed E-state index contributed by atoms with van der Waals surface area (Å²) in [5.74, 6) is -0.0299. The Morgan fingerprint density at radius 1 is 1.16 bits per heavy atom. The third-order valence-corrected chi connectivity index (χ3v) is 5.47. The highest BCUT2D eigenvalue weighted by Crippen LogP contribution is 2.27. The largest absolute Gasteiger partial charge is 0.352 e. The van der Waals surface area contributed by atoms with Gasteiger partial charge in [-0.15, -0.1) is 11.3 Å². The SMILES string of the molecule is Cc1ccc(C(=O)NCCc2sc(-c3cccnc3)nc2C)cc1C. The Balaban J connectivity index is 1.61. The second-order valence-corrected chi connectivity index (χ2v) is 7.16. The number of carbonyl (C=O) groups excluding carboxylic acids is 1. The smallest absolute Gasteiger partial charge is 0.251 e. The molecule has 1 amide bonds. The summed E-state index contributed by atoms with van der Waals surface area (Å²) in [6, 6.07) is 9.71. The Bertz CT molecular complexity index is 887. The number of aryl methyl sites for hydroxylation is 3. The molecule has 0 bridgehead atoms. The van der Waals surface area contributed by atoms with Crippen LogP contribution in [0.4, 0.5) is 0 Å². The molecule has 0 fully saturated rings. The first-order valence-corrected chi connectivity index (χ1v) is 9.08. The molecule has 128 valence electrons. The van der Waals surface area contributed by atoms with Crippen LogP contribution in [-0.4, -0.2) is 22.4 Å². The molecule has 0 spiro atoms. The van der Waals surface area contributed by atoms with Gasteiger partial charge in [-0.05, 0) is 56.2 Å². The fraction of sp³-hybridized carbons (Fsp3) is 0.250. The number of nitrogens with one attached hydrogen (secondary N) is 1. The summed E-state index contributed by atoms with van der Waals surface area (Å²) in [7, 11) is 0. The van der Waals surface area contributed by atoms with Crippen LogP contribution >= 0.6 is 11.3 Å². The van der Waals surface area contributed by atoms with Crippen LogP contribution < -0.4 is 5.32 Å². The minimum atomic E-state index is -0.0299. The lowest BCUT2D eigenvalue weighted by Crippen LogP contribution is -2.25. The maximum absolute atomic E-state index is 12.3. The molecule has 0 aliphatic carbocycles. The van der Waals surface area contributed by atoms with E-state index < -0.39 is 0 Å². The van der Waals surface area contributed by atoms with Crippen molar-refractivity contribution in [2.24, 2.45) is 0 Å². The van der Waals surface area contributed by atoms with E-state index in [-0.39, 0.29) is 5.91 Å². The monoisotopic (exact) mass is 351 g/mol. The summed E-state index contributed by atoms with van der Waals surface area (Å²) < 4.78 is 0. The number of hydrogen-bond acceptors (Lipinski definition) is 4. The maximum atomic E-state index is 12.3. The van der Waals surface area contributed by atoms with Crippen LogP contribution in [0.15, 0.2) is 42.7 Å². The number of carbonyl (C=O) groups is 1. The molecule has 2 heterocycles. The molecule has 0 atom stereocenters. The Hall–Kier alpha value is -2.53. The molecule has 0 aliphatic rings. The summed E-state index contributed by atoms with van der Waals surface area (Å²) in [5, 5.41) is 3.97. The van der Waals surface area contributed by atoms with E-state index in [9.17, 15) is 4.79 Å². The van der Waals surface area contributed by atoms with Crippen molar-refractivity contribution in [1.29, 1.82) is 0 Å². The van der Waals surface area contributed by atoms with E-state index in [1.165, 1.54) is 10.4 Å². The third-order valence-electron chi connectivity index (χ3n) is 4.21. The van der Waals surface area contributed by atoms with Gasteiger partial charge in [0.15, 0.2) is 0 Å². The van der Waals surface area contributed by atoms with Crippen LogP contribution in [0.3, 0.4) is 0 Å². The number of amides is 1. The Morgan fingerprint density at radius 2 is 2.00 bits per heavy atom. The van der Waals surface area contributed by atoms with Gasteiger partial charge in [-0.25, -0.2) is 4.98 Å². The predicted molar refractivity (Wildman–Crippen MR) is 102 cm³/mol. The zero-order valence-electron chi connectivity index (χ0n) is 14.7. The van der Waals surface area contributed by atoms with Crippen molar-refractivity contribution in [2.75, 3.05) is 6.54 Å². The lowest BCUT2D eigenvalue weighted by Gasteiger charge is -2.07. The quantitative estimate of drug-likeness (QED) is 0.753. The van der Waals surface area contributed by atoms with Crippen LogP contribution in [0.5, 0.6) is 0 Å². The zero-order chi connectivity index (χ0) is 17.8. The van der Waals surface area contributed by atoms with Gasteiger partial charge in [-0.2, -0.15) is 0 Å². The molecule has 1 aromatic carbocycles. The van der Waals surface area contributed by atoms with Crippen LogP contribution in [0.25, 0.3) is 10.6 Å². The molecule has 2 aromatic heterocycles. The van der Waals surface area contributed by atoms with E-state index in [0.717, 1.165) is 28.2 Å². The van der Waals surface area contributed by atoms with Crippen molar-refractivity contribution < 1.29 is 4.79 Å². The highest BCUT2D eigenvalue weighted by molar-refractivity contribution is 7.15. The van der Waals surface area contributed by atoms with Gasteiger partial charge in [0, 0.05) is 41.4 Å². The summed E-state index contributed by atoms with van der Waals surface area (Å²) in [5.41, 5.74) is 5.08. The third kappa shape index (κ3) is 4.12. The van der Waals surface area contributed by atoms with Gasteiger partial charge < -0.3 is 5.32 Å². The minimum Gasteiger partial charge on any atom is -0.352 e. The van der Waals surface area contributed by atoms with Gasteiger partial charge >= 0.3 is 0 Å². The topological polar surface area (TPSA) is 54.9 Å². The number of hydrogen-bond donors (Lipinski definition) is 1. The molecular formula is C20H21N3OS. The fourth-order valence-electron chi connectivity index (χ4n) is 2.55. The van der Waals surface area contributed by atoms with Crippen molar-refractivity contribution >= 4 is 17.2 Å². The van der Waals surface area contributed by atoms with E-state index in [0.29, 0.717) is 12.1 Å². The highest BCUT2D eigenvalue weighted by atomic mass is 32.1. The number of rotatable bonds is 5. The molecule has 0 saturated heterocycles. The van der Waals surface area contributed by atoms with Crippen molar-refractivity contribution in [3.05, 3.63) is 70.0 Å². The van der Waals surface area contributed by atoms with Crippen molar-refractivity contribution in [3.8, 4) is 10.6 Å². The van der Waals surface area contributed by atoms with E-state index in [1.807, 2.05) is 57.3 Å². The highest BCUT2D eigenvalue weighted by Gasteiger charge is 2.11. The summed E-state index contributed by atoms with van der Waals surface area (Å²) in [6.45, 7) is 6.67. The zero-order valence-corrected chi connectivity index (χ0v) is 15.5. The average molecular weight is 351 g/mol. The second kappa shape index (κ2) is 7.57. The van der Waals surface area contributed by atoms with E-state index in [2.05, 4.69) is 15.3 Å². The number of pyridine rings is 1. The Kier molecular flexibility index (Phi) is 5.24. The molecule has 4 nitrogen and oxygen atoms in total. The van der Waals surface area contributed by atoms with Crippen molar-refractivity contribution in [2.45, 2.75) is 27.2 Å². The maximum Gasteiger partial charge on any atom is 0.251 e. The number of benzene rings is 1. The predicted octanol–water partition coefficient (Wildman–Crippen LogP) is 4.10. The Morgan fingerprint density at radius 3 is 2.72 bits per heavy atom. The molecule has 0 aliphatic heterocycles. The minimum absolute atomic E-state index is 0.0299. The standard InChI is InChI=1S/C20H21N3OS/c1-13-6-7-16(11-14(13)2)19(24)22-10-8-18-15(3)23-20(25-18)17-5-4-9-21-12-17/h4-7,9,11-12H,8,10H2,1-3H3,(H,22,24). The first-order valence-electron chi connectivity index (χ1n) is 8.27. The molecule has 3 rings (SSSR count). The molecular weight excluding hydrogens is 330 g/mol. The molecule has 5 heteroatoms. The lowest BCUT2D eigenvalue weighted by atomic mass is 10.1. The van der Waals surface area contributed by atoms with Gasteiger partial charge in [0.1, 0.15) is 5.01 Å². The van der Waals surface area contributed by atoms with Gasteiger partial charge in [0.25, 0.3) is 5.91 Å².